The molecule has 0 radical (unpaired) electrons. The lowest BCUT2D eigenvalue weighted by Gasteiger charge is -2.37. The van der Waals surface area contributed by atoms with E-state index in [1.807, 2.05) is 13.8 Å². The largest absolute Gasteiger partial charge is 0.387 e. The molecule has 0 spiro atoms. The van der Waals surface area contributed by atoms with E-state index in [1.165, 1.54) is 7.11 Å². The first-order valence-corrected chi connectivity index (χ1v) is 4.94. The van der Waals surface area contributed by atoms with E-state index in [1.54, 1.807) is 0 Å². The minimum atomic E-state index is -1.49. The highest BCUT2D eigenvalue weighted by Gasteiger charge is 2.42. The quantitative estimate of drug-likeness (QED) is 0.453. The highest BCUT2D eigenvalue weighted by Crippen LogP contribution is 2.19. The standard InChI is InChI=1S/C7H14O6.C2H6/c1-12-2-3-4(8)5(9)6(10)7(11)13-3;1-2/h3-11H,2H2,1H3;1-2H3/t3-,4-,5+,6-,7?;/m1./s1. The molecule has 1 aliphatic rings. The van der Waals surface area contributed by atoms with Crippen LogP contribution in [0.3, 0.4) is 0 Å². The van der Waals surface area contributed by atoms with Crippen LogP contribution in [0.2, 0.25) is 0 Å². The topological polar surface area (TPSA) is 99.4 Å². The first kappa shape index (κ1) is 14.8. The van der Waals surface area contributed by atoms with Gasteiger partial charge >= 0.3 is 0 Å². The molecule has 0 aliphatic carbocycles. The van der Waals surface area contributed by atoms with Gasteiger partial charge in [-0.1, -0.05) is 13.8 Å². The maximum atomic E-state index is 9.33. The van der Waals surface area contributed by atoms with Gasteiger partial charge in [-0.3, -0.25) is 0 Å². The average molecular weight is 224 g/mol. The maximum Gasteiger partial charge on any atom is 0.184 e. The van der Waals surface area contributed by atoms with Crippen LogP contribution in [0.5, 0.6) is 0 Å². The summed E-state index contributed by atoms with van der Waals surface area (Å²) in [6.45, 7) is 4.04. The highest BCUT2D eigenvalue weighted by atomic mass is 16.6. The van der Waals surface area contributed by atoms with Crippen LogP contribution < -0.4 is 0 Å². The Morgan fingerprint density at radius 3 is 2.00 bits per heavy atom. The molecular formula is C9H20O6. The van der Waals surface area contributed by atoms with Gasteiger partial charge in [0.05, 0.1) is 6.61 Å². The second-order valence-electron chi connectivity index (χ2n) is 2.99. The minimum Gasteiger partial charge on any atom is -0.387 e. The van der Waals surface area contributed by atoms with Crippen molar-refractivity contribution in [3.05, 3.63) is 0 Å². The van der Waals surface area contributed by atoms with Crippen molar-refractivity contribution in [2.45, 2.75) is 44.6 Å². The molecule has 5 atom stereocenters. The van der Waals surface area contributed by atoms with Gasteiger partial charge in [0.1, 0.15) is 24.4 Å². The highest BCUT2D eigenvalue weighted by molar-refractivity contribution is 4.88. The fourth-order valence-electron chi connectivity index (χ4n) is 1.23. The van der Waals surface area contributed by atoms with Crippen molar-refractivity contribution in [1.29, 1.82) is 0 Å². The molecule has 4 N–H and O–H groups in total. The average Bonchev–Trinajstić information content (AvgIpc) is 2.26. The molecule has 0 aromatic carbocycles. The van der Waals surface area contributed by atoms with Gasteiger partial charge in [0, 0.05) is 7.11 Å². The smallest absolute Gasteiger partial charge is 0.184 e. The molecule has 0 saturated carbocycles. The fourth-order valence-corrected chi connectivity index (χ4v) is 1.23. The molecule has 1 saturated heterocycles. The second kappa shape index (κ2) is 7.10. The van der Waals surface area contributed by atoms with Crippen LogP contribution in [-0.2, 0) is 9.47 Å². The molecule has 1 unspecified atom stereocenters. The summed E-state index contributed by atoms with van der Waals surface area (Å²) in [5, 5.41) is 36.7. The van der Waals surface area contributed by atoms with E-state index in [0.717, 1.165) is 0 Å². The summed E-state index contributed by atoms with van der Waals surface area (Å²) in [6.07, 6.45) is -6.46. The lowest BCUT2D eigenvalue weighted by molar-refractivity contribution is -0.287. The molecule has 1 rings (SSSR count). The van der Waals surface area contributed by atoms with Gasteiger partial charge < -0.3 is 29.9 Å². The normalized spacial score (nSPS) is 40.6. The van der Waals surface area contributed by atoms with Crippen molar-refractivity contribution in [2.24, 2.45) is 0 Å². The van der Waals surface area contributed by atoms with E-state index in [4.69, 9.17) is 19.7 Å². The van der Waals surface area contributed by atoms with Crippen LogP contribution in [0, 0.1) is 0 Å². The number of hydrogen-bond donors (Lipinski definition) is 4. The van der Waals surface area contributed by atoms with Gasteiger partial charge in [0.15, 0.2) is 6.29 Å². The SMILES string of the molecule is CC.COC[C@H]1OC(O)[C@H](O)[C@@H](O)[C@@H]1O. The fraction of sp³-hybridized carbons (Fsp3) is 1.00. The molecule has 0 amide bonds. The zero-order valence-corrected chi connectivity index (χ0v) is 9.20. The summed E-state index contributed by atoms with van der Waals surface area (Å²) in [7, 11) is 1.40. The van der Waals surface area contributed by atoms with Gasteiger partial charge in [-0.25, -0.2) is 0 Å². The van der Waals surface area contributed by atoms with E-state index in [9.17, 15) is 10.2 Å². The molecule has 1 fully saturated rings. The number of aliphatic hydroxyl groups excluding tert-OH is 4. The van der Waals surface area contributed by atoms with Crippen LogP contribution in [0.25, 0.3) is 0 Å². The monoisotopic (exact) mass is 224 g/mol. The summed E-state index contributed by atoms with van der Waals surface area (Å²) >= 11 is 0. The Balaban J connectivity index is 0.000000921. The summed E-state index contributed by atoms with van der Waals surface area (Å²) in [6, 6.07) is 0. The second-order valence-corrected chi connectivity index (χ2v) is 2.99. The third kappa shape index (κ3) is 3.67. The lowest BCUT2D eigenvalue weighted by Crippen LogP contribution is -2.58. The predicted octanol–water partition coefficient (Wildman–Crippen LogP) is -1.54. The minimum absolute atomic E-state index is 0.0437. The van der Waals surface area contributed by atoms with E-state index < -0.39 is 30.7 Å². The Labute approximate surface area is 89.1 Å². The number of ether oxygens (including phenoxy) is 2. The number of hydrogen-bond acceptors (Lipinski definition) is 6. The molecular weight excluding hydrogens is 204 g/mol. The first-order valence-electron chi connectivity index (χ1n) is 4.94. The van der Waals surface area contributed by atoms with Gasteiger partial charge in [0.25, 0.3) is 0 Å². The molecule has 1 aliphatic heterocycles. The lowest BCUT2D eigenvalue weighted by atomic mass is 9.99. The maximum absolute atomic E-state index is 9.33. The Kier molecular flexibility index (Phi) is 6.99. The van der Waals surface area contributed by atoms with Crippen molar-refractivity contribution >= 4 is 0 Å². The number of methoxy groups -OCH3 is 1. The third-order valence-corrected chi connectivity index (χ3v) is 2.02. The van der Waals surface area contributed by atoms with Gasteiger partial charge in [-0.15, -0.1) is 0 Å². The van der Waals surface area contributed by atoms with Crippen LogP contribution in [0.15, 0.2) is 0 Å². The van der Waals surface area contributed by atoms with Crippen molar-refractivity contribution in [2.75, 3.05) is 13.7 Å². The summed E-state index contributed by atoms with van der Waals surface area (Å²) in [4.78, 5) is 0. The number of aliphatic hydroxyl groups is 4. The van der Waals surface area contributed by atoms with Crippen LogP contribution in [0.1, 0.15) is 13.8 Å². The molecule has 92 valence electrons. The van der Waals surface area contributed by atoms with Crippen LogP contribution >= 0.6 is 0 Å². The molecule has 0 bridgehead atoms. The van der Waals surface area contributed by atoms with Gasteiger partial charge in [0.2, 0.25) is 0 Å². The Morgan fingerprint density at radius 2 is 1.53 bits per heavy atom. The predicted molar refractivity (Wildman–Crippen MR) is 52.1 cm³/mol. The van der Waals surface area contributed by atoms with Crippen molar-refractivity contribution in [3.8, 4) is 0 Å². The van der Waals surface area contributed by atoms with Crippen molar-refractivity contribution in [1.82, 2.24) is 0 Å². The zero-order chi connectivity index (χ0) is 12.0. The zero-order valence-electron chi connectivity index (χ0n) is 9.20. The number of rotatable bonds is 2. The molecule has 6 heteroatoms. The Bertz CT molecular complexity index is 165. The van der Waals surface area contributed by atoms with E-state index in [0.29, 0.717) is 0 Å². The van der Waals surface area contributed by atoms with E-state index >= 15 is 0 Å². The van der Waals surface area contributed by atoms with Crippen LogP contribution in [0.4, 0.5) is 0 Å². The molecule has 0 aromatic heterocycles. The first-order chi connectivity index (χ1) is 7.07. The van der Waals surface area contributed by atoms with Gasteiger partial charge in [-0.2, -0.15) is 0 Å². The Morgan fingerprint density at radius 1 is 1.00 bits per heavy atom. The van der Waals surface area contributed by atoms with Crippen LogP contribution in [-0.4, -0.2) is 64.8 Å². The summed E-state index contributed by atoms with van der Waals surface area (Å²) < 4.78 is 9.49. The van der Waals surface area contributed by atoms with Crippen molar-refractivity contribution < 1.29 is 29.9 Å². The molecule has 1 heterocycles. The summed E-state index contributed by atoms with van der Waals surface area (Å²) in [5.74, 6) is 0. The van der Waals surface area contributed by atoms with E-state index in [2.05, 4.69) is 0 Å². The molecule has 6 nitrogen and oxygen atoms in total. The molecule has 15 heavy (non-hydrogen) atoms. The Hall–Kier alpha value is -0.240. The third-order valence-electron chi connectivity index (χ3n) is 2.02. The summed E-state index contributed by atoms with van der Waals surface area (Å²) in [5.41, 5.74) is 0. The van der Waals surface area contributed by atoms with Gasteiger partial charge in [-0.05, 0) is 0 Å². The van der Waals surface area contributed by atoms with Crippen molar-refractivity contribution in [3.63, 3.8) is 0 Å². The van der Waals surface area contributed by atoms with E-state index in [-0.39, 0.29) is 6.61 Å². The molecule has 0 aromatic rings.